The van der Waals surface area contributed by atoms with Crippen molar-refractivity contribution in [2.24, 2.45) is 0 Å². The predicted octanol–water partition coefficient (Wildman–Crippen LogP) is 2.45. The van der Waals surface area contributed by atoms with Gasteiger partial charge in [0, 0.05) is 22.8 Å². The van der Waals surface area contributed by atoms with Gasteiger partial charge in [-0.1, -0.05) is 0 Å². The van der Waals surface area contributed by atoms with E-state index in [-0.39, 0.29) is 18.7 Å². The van der Waals surface area contributed by atoms with Crippen LogP contribution in [0, 0.1) is 0 Å². The lowest BCUT2D eigenvalue weighted by Crippen LogP contribution is -2.40. The van der Waals surface area contributed by atoms with E-state index < -0.39 is 11.4 Å². The molecule has 2 aliphatic rings. The van der Waals surface area contributed by atoms with E-state index in [1.807, 2.05) is 17.5 Å². The van der Waals surface area contributed by atoms with Crippen LogP contribution in [0.3, 0.4) is 0 Å². The molecule has 1 aromatic heterocycles. The number of aromatic nitrogens is 1. The number of amides is 1. The number of hydrogen-bond donors (Lipinski definition) is 3. The summed E-state index contributed by atoms with van der Waals surface area (Å²) in [6, 6.07) is 3.67. The molecule has 24 heavy (non-hydrogen) atoms. The maximum Gasteiger partial charge on any atom is 0.326 e. The number of thiazole rings is 1. The first kappa shape index (κ1) is 14.9. The first-order chi connectivity index (χ1) is 11.5. The number of carbonyl (C=O) groups is 2. The Balaban J connectivity index is 1.72. The molecular weight excluding hydrogens is 328 g/mol. The molecule has 1 aromatic carbocycles. The first-order valence-corrected chi connectivity index (χ1v) is 8.51. The fourth-order valence-electron chi connectivity index (χ4n) is 3.05. The van der Waals surface area contributed by atoms with Crippen molar-refractivity contribution in [2.45, 2.75) is 25.4 Å². The summed E-state index contributed by atoms with van der Waals surface area (Å²) in [5.74, 6) is -0.903. The number of fused-ring (bicyclic) bond motifs is 2. The van der Waals surface area contributed by atoms with Crippen molar-refractivity contribution in [2.75, 3.05) is 22.6 Å². The van der Waals surface area contributed by atoms with E-state index in [0.29, 0.717) is 11.3 Å². The third-order valence-electron chi connectivity index (χ3n) is 4.38. The summed E-state index contributed by atoms with van der Waals surface area (Å²) in [6.07, 6.45) is 1.64. The second kappa shape index (κ2) is 5.20. The first-order valence-electron chi connectivity index (χ1n) is 7.63. The molecule has 3 heterocycles. The fraction of sp³-hybridized carbons (Fsp3) is 0.312. The summed E-state index contributed by atoms with van der Waals surface area (Å²) < 4.78 is 5.11. The largest absolute Gasteiger partial charge is 0.465 e. The van der Waals surface area contributed by atoms with Gasteiger partial charge in [-0.3, -0.25) is 9.59 Å². The van der Waals surface area contributed by atoms with Gasteiger partial charge >= 0.3 is 5.97 Å². The van der Waals surface area contributed by atoms with E-state index in [1.165, 1.54) is 0 Å². The molecule has 0 fully saturated rings. The molecule has 4 rings (SSSR count). The predicted molar refractivity (Wildman–Crippen MR) is 91.2 cm³/mol. The number of hydrogen-bond acceptors (Lipinski definition) is 7. The Bertz CT molecular complexity index is 836. The number of rotatable bonds is 3. The van der Waals surface area contributed by atoms with Gasteiger partial charge in [0.15, 0.2) is 11.6 Å². The van der Waals surface area contributed by atoms with Gasteiger partial charge < -0.3 is 20.7 Å². The Morgan fingerprint density at radius 1 is 1.33 bits per heavy atom. The van der Waals surface area contributed by atoms with Crippen molar-refractivity contribution in [3.63, 3.8) is 0 Å². The van der Waals surface area contributed by atoms with E-state index in [1.54, 1.807) is 31.4 Å². The molecule has 1 amide bonds. The van der Waals surface area contributed by atoms with E-state index in [9.17, 15) is 9.59 Å². The van der Waals surface area contributed by atoms with Crippen molar-refractivity contribution in [3.05, 3.63) is 34.3 Å². The topological polar surface area (TPSA) is 92.4 Å². The third-order valence-corrected chi connectivity index (χ3v) is 5.22. The van der Waals surface area contributed by atoms with Gasteiger partial charge in [0.2, 0.25) is 5.91 Å². The highest BCUT2D eigenvalue weighted by Gasteiger charge is 2.51. The van der Waals surface area contributed by atoms with E-state index >= 15 is 0 Å². The van der Waals surface area contributed by atoms with Gasteiger partial charge in [-0.2, -0.15) is 0 Å². The monoisotopic (exact) mass is 344 g/mol. The van der Waals surface area contributed by atoms with E-state index in [4.69, 9.17) is 4.74 Å². The Morgan fingerprint density at radius 3 is 2.75 bits per heavy atom. The van der Waals surface area contributed by atoms with Crippen LogP contribution in [0.25, 0.3) is 0 Å². The van der Waals surface area contributed by atoms with Crippen LogP contribution in [0.15, 0.2) is 23.7 Å². The van der Waals surface area contributed by atoms with Crippen molar-refractivity contribution in [1.29, 1.82) is 0 Å². The zero-order valence-corrected chi connectivity index (χ0v) is 14.0. The molecule has 2 unspecified atom stereocenters. The zero-order chi connectivity index (χ0) is 16.9. The number of nitrogens with one attached hydrogen (secondary N) is 3. The van der Waals surface area contributed by atoms with Gasteiger partial charge in [0.1, 0.15) is 5.01 Å². The van der Waals surface area contributed by atoms with Crippen molar-refractivity contribution < 1.29 is 14.3 Å². The van der Waals surface area contributed by atoms with Crippen LogP contribution < -0.4 is 16.0 Å². The highest BCUT2D eigenvalue weighted by atomic mass is 32.1. The summed E-state index contributed by atoms with van der Waals surface area (Å²) in [5, 5.41) is 12.3. The molecule has 3 N–H and O–H groups in total. The third kappa shape index (κ3) is 1.99. The second-order valence-electron chi connectivity index (χ2n) is 5.84. The summed E-state index contributed by atoms with van der Waals surface area (Å²) in [4.78, 5) is 29.1. The Morgan fingerprint density at radius 2 is 2.08 bits per heavy atom. The molecule has 2 aliphatic heterocycles. The van der Waals surface area contributed by atoms with Crippen LogP contribution in [0.1, 0.15) is 30.6 Å². The molecule has 2 aromatic rings. The summed E-state index contributed by atoms with van der Waals surface area (Å²) >= 11 is 1.55. The average molecular weight is 344 g/mol. The quantitative estimate of drug-likeness (QED) is 0.585. The van der Waals surface area contributed by atoms with Gasteiger partial charge in [-0.25, -0.2) is 4.98 Å². The van der Waals surface area contributed by atoms with Gasteiger partial charge in [0.05, 0.1) is 18.0 Å². The molecule has 2 atom stereocenters. The minimum Gasteiger partial charge on any atom is -0.465 e. The molecule has 8 heteroatoms. The number of ether oxygens (including phenoxy) is 1. The molecule has 0 radical (unpaired) electrons. The molecule has 124 valence electrons. The Kier molecular flexibility index (Phi) is 3.24. The summed E-state index contributed by atoms with van der Waals surface area (Å²) in [6.45, 7) is 3.55. The Labute approximate surface area is 142 Å². The molecule has 0 aliphatic carbocycles. The maximum absolute atomic E-state index is 12.4. The zero-order valence-electron chi connectivity index (χ0n) is 13.2. The van der Waals surface area contributed by atoms with Crippen LogP contribution >= 0.6 is 11.3 Å². The lowest BCUT2D eigenvalue weighted by Gasteiger charge is -2.20. The molecule has 7 nitrogen and oxygen atoms in total. The van der Waals surface area contributed by atoms with Crippen molar-refractivity contribution in [1.82, 2.24) is 4.98 Å². The van der Waals surface area contributed by atoms with Crippen LogP contribution in [0.4, 0.5) is 17.1 Å². The number of esters is 1. The van der Waals surface area contributed by atoms with Crippen molar-refractivity contribution >= 4 is 40.3 Å². The smallest absolute Gasteiger partial charge is 0.326 e. The highest BCUT2D eigenvalue weighted by molar-refractivity contribution is 7.09. The minimum absolute atomic E-state index is 0.118. The molecule has 0 bridgehead atoms. The van der Waals surface area contributed by atoms with E-state index in [2.05, 4.69) is 20.9 Å². The van der Waals surface area contributed by atoms with Crippen LogP contribution in [-0.2, 0) is 19.7 Å². The van der Waals surface area contributed by atoms with Crippen LogP contribution in [0.5, 0.6) is 0 Å². The van der Waals surface area contributed by atoms with Crippen molar-refractivity contribution in [3.8, 4) is 0 Å². The molecule has 0 saturated heterocycles. The summed E-state index contributed by atoms with van der Waals surface area (Å²) in [5.41, 5.74) is 1.62. The number of benzene rings is 1. The second-order valence-corrected chi connectivity index (χ2v) is 6.76. The highest BCUT2D eigenvalue weighted by Crippen LogP contribution is 2.46. The number of nitrogens with zero attached hydrogens (tertiary/aromatic N) is 1. The van der Waals surface area contributed by atoms with Gasteiger partial charge in [0.25, 0.3) is 0 Å². The lowest BCUT2D eigenvalue weighted by molar-refractivity contribution is -0.152. The Hall–Kier alpha value is -2.61. The normalized spacial score (nSPS) is 23.8. The SMILES string of the molecule is CCOC(=O)C1(C)C(=O)Nc2cc3c(cc21)NC(c1nccs1)N3. The average Bonchev–Trinajstić information content (AvgIpc) is 3.25. The maximum atomic E-state index is 12.4. The van der Waals surface area contributed by atoms with Gasteiger partial charge in [-0.05, 0) is 26.0 Å². The fourth-order valence-corrected chi connectivity index (χ4v) is 3.69. The van der Waals surface area contributed by atoms with Crippen LogP contribution in [0.2, 0.25) is 0 Å². The standard InChI is InChI=1S/C16H16N4O3S/c1-3-23-15(22)16(2)8-6-10-11(7-9(8)20-14(16)21)19-12(18-10)13-17-4-5-24-13/h4-7,12,18-19H,3H2,1-2H3,(H,20,21). The van der Waals surface area contributed by atoms with E-state index in [0.717, 1.165) is 16.4 Å². The van der Waals surface area contributed by atoms with Crippen LogP contribution in [-0.4, -0.2) is 23.5 Å². The molecular formula is C16H16N4O3S. The number of carbonyl (C=O) groups excluding carboxylic acids is 2. The molecule has 0 spiro atoms. The minimum atomic E-state index is -1.33. The molecule has 0 saturated carbocycles. The number of anilines is 3. The summed E-state index contributed by atoms with van der Waals surface area (Å²) in [7, 11) is 0. The lowest BCUT2D eigenvalue weighted by atomic mass is 9.83. The van der Waals surface area contributed by atoms with Gasteiger partial charge in [-0.15, -0.1) is 11.3 Å².